The monoisotopic (exact) mass is 829 g/mol. The molecule has 0 atom stereocenters. The fourth-order valence-corrected chi connectivity index (χ4v) is 9.78. The molecule has 3 heteroatoms. The van der Waals surface area contributed by atoms with E-state index >= 15 is 0 Å². The minimum Gasteiger partial charge on any atom is -0.456 e. The van der Waals surface area contributed by atoms with Crippen LogP contribution in [0.1, 0.15) is 0 Å². The van der Waals surface area contributed by atoms with Crippen molar-refractivity contribution in [3.8, 4) is 44.5 Å². The van der Waals surface area contributed by atoms with Crippen LogP contribution in [0.3, 0.4) is 0 Å². The first-order valence-corrected chi connectivity index (χ1v) is 22.1. The summed E-state index contributed by atoms with van der Waals surface area (Å²) in [4.78, 5) is 2.34. The van der Waals surface area contributed by atoms with Gasteiger partial charge in [-0.05, 0) is 133 Å². The van der Waals surface area contributed by atoms with E-state index in [1.165, 1.54) is 32.7 Å². The predicted molar refractivity (Wildman–Crippen MR) is 272 cm³/mol. The lowest BCUT2D eigenvalue weighted by Gasteiger charge is -2.26. The molecule has 3 nitrogen and oxygen atoms in total. The Morgan fingerprint density at radius 1 is 0.246 bits per heavy atom. The molecule has 0 saturated carbocycles. The summed E-state index contributed by atoms with van der Waals surface area (Å²) in [5.74, 6) is 0. The van der Waals surface area contributed by atoms with Gasteiger partial charge in [0.05, 0.1) is 0 Å². The normalized spacial score (nSPS) is 11.7. The van der Waals surface area contributed by atoms with Gasteiger partial charge in [-0.25, -0.2) is 0 Å². The smallest absolute Gasteiger partial charge is 0.143 e. The SMILES string of the molecule is c1ccc(-c2cccc3c2oc2ccc(-c4ccc(N(c5ccc(-c6ccc7c(ccc8ccccc87)c6)cc5)c5ccc(-c6ccc7oc8ccccc8c7c6)cc5)cc4)cc23)cc1. The molecule has 0 saturated heterocycles. The molecule has 0 aliphatic carbocycles. The number of benzene rings is 11. The summed E-state index contributed by atoms with van der Waals surface area (Å²) in [6.07, 6.45) is 0. The van der Waals surface area contributed by atoms with Gasteiger partial charge in [-0.15, -0.1) is 0 Å². The molecule has 0 unspecified atom stereocenters. The van der Waals surface area contributed by atoms with Gasteiger partial charge in [0.25, 0.3) is 0 Å². The summed E-state index contributed by atoms with van der Waals surface area (Å²) in [6.45, 7) is 0. The Kier molecular flexibility index (Phi) is 8.53. The summed E-state index contributed by atoms with van der Waals surface area (Å²) in [5.41, 5.74) is 16.0. The Morgan fingerprint density at radius 3 is 1.40 bits per heavy atom. The van der Waals surface area contributed by atoms with Gasteiger partial charge in [0.2, 0.25) is 0 Å². The molecule has 13 rings (SSSR count). The second kappa shape index (κ2) is 15.0. The van der Waals surface area contributed by atoms with Crippen molar-refractivity contribution in [3.63, 3.8) is 0 Å². The molecular formula is C62H39NO2. The molecule has 2 aromatic heterocycles. The minimum atomic E-state index is 0.886. The summed E-state index contributed by atoms with van der Waals surface area (Å²) in [7, 11) is 0. The number of nitrogens with zero attached hydrogens (tertiary/aromatic N) is 1. The third kappa shape index (κ3) is 6.36. The first-order chi connectivity index (χ1) is 32.2. The highest BCUT2D eigenvalue weighted by Crippen LogP contribution is 2.41. The Morgan fingerprint density at radius 2 is 0.723 bits per heavy atom. The highest BCUT2D eigenvalue weighted by atomic mass is 16.3. The lowest BCUT2D eigenvalue weighted by atomic mass is 9.97. The van der Waals surface area contributed by atoms with E-state index in [1.54, 1.807) is 0 Å². The van der Waals surface area contributed by atoms with Crippen LogP contribution in [0, 0.1) is 0 Å². The van der Waals surface area contributed by atoms with Crippen LogP contribution < -0.4 is 4.90 Å². The summed E-state index contributed by atoms with van der Waals surface area (Å²) < 4.78 is 12.6. The largest absolute Gasteiger partial charge is 0.456 e. The number of fused-ring (bicyclic) bond motifs is 9. The number of hydrogen-bond acceptors (Lipinski definition) is 3. The standard InChI is InChI=1S/C62H39NO2/c1-2-9-43(10-3-1)54-14-8-15-56-58-39-47(27-36-61(58)65-62(54)56)42-23-32-51(33-24-42)63(50-30-21-41(22-31-50)46-26-35-60-57(38-46)55-13-6-7-16-59(55)64-60)49-28-19-40(20-29-49)45-25-34-53-48(37-45)18-17-44-11-4-5-12-52(44)53/h1-39H. The zero-order valence-electron chi connectivity index (χ0n) is 35.3. The van der Waals surface area contributed by atoms with Gasteiger partial charge < -0.3 is 13.7 Å². The van der Waals surface area contributed by atoms with Crippen LogP contribution in [-0.4, -0.2) is 0 Å². The highest BCUT2D eigenvalue weighted by Gasteiger charge is 2.17. The molecule has 0 spiro atoms. The number of hydrogen-bond donors (Lipinski definition) is 0. The van der Waals surface area contributed by atoms with Gasteiger partial charge in [0.1, 0.15) is 22.3 Å². The fourth-order valence-electron chi connectivity index (χ4n) is 9.78. The van der Waals surface area contributed by atoms with Gasteiger partial charge >= 0.3 is 0 Å². The van der Waals surface area contributed by atoms with Crippen LogP contribution in [0.15, 0.2) is 245 Å². The molecule has 0 amide bonds. The predicted octanol–water partition coefficient (Wildman–Crippen LogP) is 17.9. The van der Waals surface area contributed by atoms with E-state index in [0.717, 1.165) is 94.3 Å². The Hall–Kier alpha value is -8.66. The molecule has 0 aliphatic rings. The lowest BCUT2D eigenvalue weighted by molar-refractivity contribution is 0.669. The van der Waals surface area contributed by atoms with Crippen LogP contribution in [0.4, 0.5) is 17.1 Å². The second-order valence-corrected chi connectivity index (χ2v) is 16.9. The van der Waals surface area contributed by atoms with Crippen molar-refractivity contribution in [3.05, 3.63) is 237 Å². The average Bonchev–Trinajstić information content (AvgIpc) is 3.95. The molecule has 65 heavy (non-hydrogen) atoms. The maximum atomic E-state index is 6.51. The van der Waals surface area contributed by atoms with Crippen molar-refractivity contribution in [2.24, 2.45) is 0 Å². The van der Waals surface area contributed by atoms with Crippen molar-refractivity contribution >= 4 is 82.5 Å². The van der Waals surface area contributed by atoms with Crippen LogP contribution in [0.25, 0.3) is 110 Å². The van der Waals surface area contributed by atoms with Gasteiger partial charge in [-0.3, -0.25) is 0 Å². The summed E-state index contributed by atoms with van der Waals surface area (Å²) in [5, 5.41) is 9.54. The topological polar surface area (TPSA) is 29.5 Å². The summed E-state index contributed by atoms with van der Waals surface area (Å²) >= 11 is 0. The number of anilines is 3. The van der Waals surface area contributed by atoms with Crippen molar-refractivity contribution in [1.82, 2.24) is 0 Å². The van der Waals surface area contributed by atoms with Crippen molar-refractivity contribution in [2.75, 3.05) is 4.90 Å². The van der Waals surface area contributed by atoms with Gasteiger partial charge in [-0.1, -0.05) is 164 Å². The Bertz CT molecular complexity index is 3920. The zero-order chi connectivity index (χ0) is 42.8. The van der Waals surface area contributed by atoms with Crippen molar-refractivity contribution < 1.29 is 8.83 Å². The van der Waals surface area contributed by atoms with E-state index in [0.29, 0.717) is 0 Å². The first kappa shape index (κ1) is 36.9. The summed E-state index contributed by atoms with van der Waals surface area (Å²) in [6, 6.07) is 84.8. The fraction of sp³-hybridized carbons (Fsp3) is 0. The van der Waals surface area contributed by atoms with Crippen molar-refractivity contribution in [1.29, 1.82) is 0 Å². The van der Waals surface area contributed by atoms with E-state index in [-0.39, 0.29) is 0 Å². The Balaban J connectivity index is 0.867. The third-order valence-corrected chi connectivity index (χ3v) is 13.1. The van der Waals surface area contributed by atoms with E-state index in [9.17, 15) is 0 Å². The van der Waals surface area contributed by atoms with Gasteiger partial charge in [0, 0.05) is 44.2 Å². The number of para-hydroxylation sites is 2. The molecule has 0 bridgehead atoms. The molecule has 11 aromatic carbocycles. The van der Waals surface area contributed by atoms with Crippen LogP contribution in [0.2, 0.25) is 0 Å². The van der Waals surface area contributed by atoms with E-state index in [4.69, 9.17) is 8.83 Å². The maximum Gasteiger partial charge on any atom is 0.143 e. The van der Waals surface area contributed by atoms with Crippen LogP contribution >= 0.6 is 0 Å². The minimum absolute atomic E-state index is 0.886. The lowest BCUT2D eigenvalue weighted by Crippen LogP contribution is -2.09. The third-order valence-electron chi connectivity index (χ3n) is 13.1. The van der Waals surface area contributed by atoms with E-state index < -0.39 is 0 Å². The molecule has 13 aromatic rings. The van der Waals surface area contributed by atoms with E-state index in [2.05, 4.69) is 223 Å². The van der Waals surface area contributed by atoms with Crippen LogP contribution in [-0.2, 0) is 0 Å². The molecule has 0 aliphatic heterocycles. The van der Waals surface area contributed by atoms with E-state index in [1.807, 2.05) is 18.2 Å². The average molecular weight is 830 g/mol. The molecule has 0 N–H and O–H groups in total. The van der Waals surface area contributed by atoms with Gasteiger partial charge in [-0.2, -0.15) is 0 Å². The number of rotatable bonds is 7. The second-order valence-electron chi connectivity index (χ2n) is 16.9. The molecular weight excluding hydrogens is 791 g/mol. The molecule has 0 fully saturated rings. The number of furan rings is 2. The molecule has 304 valence electrons. The molecule has 0 radical (unpaired) electrons. The van der Waals surface area contributed by atoms with Crippen molar-refractivity contribution in [2.45, 2.75) is 0 Å². The van der Waals surface area contributed by atoms with Crippen LogP contribution in [0.5, 0.6) is 0 Å². The Labute approximate surface area is 375 Å². The maximum absolute atomic E-state index is 6.51. The highest BCUT2D eigenvalue weighted by molar-refractivity contribution is 6.11. The molecule has 2 heterocycles. The zero-order valence-corrected chi connectivity index (χ0v) is 35.3. The van der Waals surface area contributed by atoms with Gasteiger partial charge in [0.15, 0.2) is 0 Å². The quantitative estimate of drug-likeness (QED) is 0.150. The first-order valence-electron chi connectivity index (χ1n) is 22.1.